The van der Waals surface area contributed by atoms with Crippen LogP contribution in [0.15, 0.2) is 46.6 Å². The normalized spacial score (nSPS) is 40.1. The summed E-state index contributed by atoms with van der Waals surface area (Å²) in [6.45, 7) is 12.5. The molecular weight excluding hydrogens is 440 g/mol. The van der Waals surface area contributed by atoms with E-state index in [1.54, 1.807) is 13.0 Å². The lowest BCUT2D eigenvalue weighted by Gasteiger charge is -2.54. The Kier molecular flexibility index (Phi) is 5.56. The maximum atomic E-state index is 12.3. The first-order valence-corrected chi connectivity index (χ1v) is 13.2. The standard InChI is InChI=1S/C30H40O5/c1-18-7-11-24(34-26(18)32)30(6,33)23-14-16-28(4)22-10-9-21-19(8-12-25(31)35-27(21,2)3)17-20(22)13-15-29(23,28)5/h7-8,12,17,21,23-24,33H,9-11,13-16H2,1-6H3/t21-,23+,24-,28+,29-,30+/m1/s1. The number of aliphatic hydroxyl groups is 1. The maximum absolute atomic E-state index is 12.3. The molecule has 190 valence electrons. The van der Waals surface area contributed by atoms with E-state index in [-0.39, 0.29) is 34.6 Å². The summed E-state index contributed by atoms with van der Waals surface area (Å²) >= 11 is 0. The van der Waals surface area contributed by atoms with E-state index in [1.165, 1.54) is 16.7 Å². The van der Waals surface area contributed by atoms with Crippen LogP contribution in [0, 0.1) is 22.7 Å². The molecule has 0 spiro atoms. The zero-order valence-electron chi connectivity index (χ0n) is 22.1. The summed E-state index contributed by atoms with van der Waals surface area (Å²) in [6.07, 6.45) is 13.6. The van der Waals surface area contributed by atoms with Crippen LogP contribution in [0.2, 0.25) is 0 Å². The second kappa shape index (κ2) is 7.93. The zero-order valence-corrected chi connectivity index (χ0v) is 22.1. The molecule has 6 atom stereocenters. The fraction of sp³-hybridized carbons (Fsp3) is 0.667. The second-order valence-corrected chi connectivity index (χ2v) is 12.7. The number of esters is 2. The van der Waals surface area contributed by atoms with Crippen LogP contribution >= 0.6 is 0 Å². The molecule has 1 N–H and O–H groups in total. The average Bonchev–Trinajstić information content (AvgIpc) is 2.88. The molecule has 0 aromatic rings. The average molecular weight is 481 g/mol. The molecule has 0 aromatic carbocycles. The molecule has 3 aliphatic carbocycles. The quantitative estimate of drug-likeness (QED) is 0.510. The highest BCUT2D eigenvalue weighted by Gasteiger charge is 2.63. The van der Waals surface area contributed by atoms with Crippen LogP contribution in [0.3, 0.4) is 0 Å². The Morgan fingerprint density at radius 3 is 2.51 bits per heavy atom. The van der Waals surface area contributed by atoms with Gasteiger partial charge in [0.05, 0.1) is 0 Å². The fourth-order valence-electron chi connectivity index (χ4n) is 8.22. The molecule has 1 fully saturated rings. The lowest BCUT2D eigenvalue weighted by atomic mass is 9.52. The molecule has 2 aliphatic heterocycles. The number of carbonyl (C=O) groups is 2. The number of hydrogen-bond acceptors (Lipinski definition) is 5. The second-order valence-electron chi connectivity index (χ2n) is 12.7. The van der Waals surface area contributed by atoms with Crippen molar-refractivity contribution in [2.45, 2.75) is 104 Å². The highest BCUT2D eigenvalue weighted by molar-refractivity contribution is 5.88. The van der Waals surface area contributed by atoms with Crippen LogP contribution in [0.5, 0.6) is 0 Å². The minimum atomic E-state index is -1.09. The molecule has 5 aliphatic rings. The third kappa shape index (κ3) is 3.60. The summed E-state index contributed by atoms with van der Waals surface area (Å²) in [5.41, 5.74) is 2.95. The van der Waals surface area contributed by atoms with Crippen LogP contribution in [0.1, 0.15) is 86.5 Å². The monoisotopic (exact) mass is 480 g/mol. The van der Waals surface area contributed by atoms with E-state index in [0.717, 1.165) is 38.5 Å². The Labute approximate surface area is 209 Å². The Morgan fingerprint density at radius 2 is 1.80 bits per heavy atom. The van der Waals surface area contributed by atoms with Gasteiger partial charge < -0.3 is 14.6 Å². The van der Waals surface area contributed by atoms with Gasteiger partial charge in [-0.05, 0) is 94.1 Å². The zero-order chi connectivity index (χ0) is 25.4. The van der Waals surface area contributed by atoms with E-state index in [1.807, 2.05) is 32.9 Å². The van der Waals surface area contributed by atoms with Gasteiger partial charge in [-0.1, -0.05) is 37.6 Å². The number of ether oxygens (including phenoxy) is 2. The number of hydrogen-bond donors (Lipinski definition) is 1. The van der Waals surface area contributed by atoms with Crippen molar-refractivity contribution in [1.82, 2.24) is 0 Å². The Hall–Kier alpha value is -2.14. The van der Waals surface area contributed by atoms with Gasteiger partial charge in [0.25, 0.3) is 0 Å². The van der Waals surface area contributed by atoms with Crippen molar-refractivity contribution in [2.24, 2.45) is 22.7 Å². The molecule has 5 heteroatoms. The van der Waals surface area contributed by atoms with E-state index in [9.17, 15) is 14.7 Å². The molecule has 0 amide bonds. The van der Waals surface area contributed by atoms with Gasteiger partial charge in [0.2, 0.25) is 0 Å². The molecular formula is C30H40O5. The predicted octanol–water partition coefficient (Wildman–Crippen LogP) is 5.74. The first kappa shape index (κ1) is 24.5. The number of cyclic esters (lactones) is 2. The Morgan fingerprint density at radius 1 is 1.06 bits per heavy atom. The Bertz CT molecular complexity index is 1090. The van der Waals surface area contributed by atoms with Crippen LogP contribution in [-0.4, -0.2) is 34.4 Å². The smallest absolute Gasteiger partial charge is 0.333 e. The summed E-state index contributed by atoms with van der Waals surface area (Å²) in [6, 6.07) is 0. The van der Waals surface area contributed by atoms with Crippen molar-refractivity contribution in [3.05, 3.63) is 46.6 Å². The highest BCUT2D eigenvalue weighted by atomic mass is 16.6. The number of fused-ring (bicyclic) bond motifs is 3. The summed E-state index contributed by atoms with van der Waals surface area (Å²) in [5, 5.41) is 11.9. The van der Waals surface area contributed by atoms with Crippen LogP contribution in [0.4, 0.5) is 0 Å². The highest BCUT2D eigenvalue weighted by Crippen LogP contribution is 2.69. The van der Waals surface area contributed by atoms with E-state index >= 15 is 0 Å². The molecule has 0 aromatic heterocycles. The van der Waals surface area contributed by atoms with E-state index in [0.29, 0.717) is 12.0 Å². The van der Waals surface area contributed by atoms with Crippen LogP contribution < -0.4 is 0 Å². The van der Waals surface area contributed by atoms with Gasteiger partial charge in [0.15, 0.2) is 0 Å². The predicted molar refractivity (Wildman–Crippen MR) is 134 cm³/mol. The summed E-state index contributed by atoms with van der Waals surface area (Å²) in [5.74, 6) is -0.387. The number of allylic oxidation sites excluding steroid dienone is 4. The van der Waals surface area contributed by atoms with Gasteiger partial charge in [-0.2, -0.15) is 0 Å². The van der Waals surface area contributed by atoms with Crippen LogP contribution in [0.25, 0.3) is 0 Å². The van der Waals surface area contributed by atoms with Crippen LogP contribution in [-0.2, 0) is 19.1 Å². The summed E-state index contributed by atoms with van der Waals surface area (Å²) < 4.78 is 11.5. The van der Waals surface area contributed by atoms with Crippen molar-refractivity contribution in [3.63, 3.8) is 0 Å². The summed E-state index contributed by atoms with van der Waals surface area (Å²) in [7, 11) is 0. The first-order valence-electron chi connectivity index (χ1n) is 13.2. The van der Waals surface area contributed by atoms with Crippen molar-refractivity contribution < 1.29 is 24.2 Å². The van der Waals surface area contributed by atoms with Gasteiger partial charge in [0, 0.05) is 24.0 Å². The molecule has 0 unspecified atom stereocenters. The Balaban J connectivity index is 1.50. The van der Waals surface area contributed by atoms with Gasteiger partial charge in [0.1, 0.15) is 17.3 Å². The molecule has 0 saturated heterocycles. The van der Waals surface area contributed by atoms with Gasteiger partial charge in [-0.3, -0.25) is 0 Å². The molecule has 35 heavy (non-hydrogen) atoms. The van der Waals surface area contributed by atoms with Crippen molar-refractivity contribution >= 4 is 11.9 Å². The van der Waals surface area contributed by atoms with E-state index < -0.39 is 17.3 Å². The largest absolute Gasteiger partial charge is 0.456 e. The number of carbonyl (C=O) groups excluding carboxylic acids is 2. The van der Waals surface area contributed by atoms with Gasteiger partial charge in [-0.15, -0.1) is 0 Å². The minimum absolute atomic E-state index is 0.0369. The van der Waals surface area contributed by atoms with Crippen molar-refractivity contribution in [2.75, 3.05) is 0 Å². The van der Waals surface area contributed by atoms with Gasteiger partial charge in [-0.25, -0.2) is 9.59 Å². The SMILES string of the molecule is CC1=CC[C@H]([C@@](C)(O)[C@H]2CC[C@@]3(C)C4=C(C=C5C=CC(=O)OC(C)(C)[C@@H]5CC4)CC[C@]23C)OC1=O. The lowest BCUT2D eigenvalue weighted by molar-refractivity contribution is -0.178. The van der Waals surface area contributed by atoms with E-state index in [2.05, 4.69) is 19.9 Å². The number of rotatable bonds is 2. The lowest BCUT2D eigenvalue weighted by Crippen LogP contribution is -2.55. The third-order valence-corrected chi connectivity index (χ3v) is 10.5. The van der Waals surface area contributed by atoms with E-state index in [4.69, 9.17) is 9.47 Å². The first-order chi connectivity index (χ1) is 16.3. The molecule has 1 saturated carbocycles. The third-order valence-electron chi connectivity index (χ3n) is 10.5. The molecule has 0 radical (unpaired) electrons. The maximum Gasteiger partial charge on any atom is 0.333 e. The summed E-state index contributed by atoms with van der Waals surface area (Å²) in [4.78, 5) is 24.4. The fourth-order valence-corrected chi connectivity index (χ4v) is 8.22. The molecule has 5 rings (SSSR count). The minimum Gasteiger partial charge on any atom is -0.456 e. The van der Waals surface area contributed by atoms with Crippen molar-refractivity contribution in [1.29, 1.82) is 0 Å². The van der Waals surface area contributed by atoms with Gasteiger partial charge >= 0.3 is 11.9 Å². The molecule has 5 nitrogen and oxygen atoms in total. The molecule has 0 bridgehead atoms. The van der Waals surface area contributed by atoms with Crippen molar-refractivity contribution in [3.8, 4) is 0 Å². The topological polar surface area (TPSA) is 72.8 Å². The molecule has 2 heterocycles.